The normalized spacial score (nSPS) is 47.9. The number of nitrogens with one attached hydrogen (secondary N) is 1. The fraction of sp³-hybridized carbons (Fsp3) is 0.781. The van der Waals surface area contributed by atoms with E-state index in [1.54, 1.807) is 0 Å². The van der Waals surface area contributed by atoms with Gasteiger partial charge in [0, 0.05) is 17.0 Å². The van der Waals surface area contributed by atoms with Crippen molar-refractivity contribution in [3.8, 4) is 0 Å². The molecule has 0 aliphatic heterocycles. The number of fused-ring (bicyclic) bond motifs is 8. The minimum atomic E-state index is -0.479. The van der Waals surface area contributed by atoms with Crippen LogP contribution in [0.15, 0.2) is 17.8 Å². The number of allylic oxidation sites excluding steroid dienone is 2. The van der Waals surface area contributed by atoms with Crippen LogP contribution in [0.1, 0.15) is 105 Å². The standard InChI is InChI=1S/C32H46N2O3/c1-27(2)23-9-10-32(7)24(30(23,5)16-19-18-33-34-25(19)27)22(35)15-20-21-17-29(4,26(36)37-8)12-11-28(21,3)13-14-31(20,32)6/h15,18,21,23-24H,9-14,16-17H2,1-8H3,(H,33,34). The van der Waals surface area contributed by atoms with Gasteiger partial charge in [-0.3, -0.25) is 14.7 Å². The van der Waals surface area contributed by atoms with Crippen molar-refractivity contribution in [3.63, 3.8) is 0 Å². The van der Waals surface area contributed by atoms with Gasteiger partial charge in [0.15, 0.2) is 5.78 Å². The zero-order valence-electron chi connectivity index (χ0n) is 24.2. The highest BCUT2D eigenvalue weighted by atomic mass is 16.5. The van der Waals surface area contributed by atoms with Gasteiger partial charge in [0.05, 0.1) is 18.7 Å². The average molecular weight is 507 g/mol. The van der Waals surface area contributed by atoms with Crippen molar-refractivity contribution in [1.29, 1.82) is 0 Å². The molecule has 0 spiro atoms. The molecule has 37 heavy (non-hydrogen) atoms. The summed E-state index contributed by atoms with van der Waals surface area (Å²) in [4.78, 5) is 27.4. The van der Waals surface area contributed by atoms with Crippen LogP contribution in [0.4, 0.5) is 0 Å². The number of H-pyrrole nitrogens is 1. The first-order valence-electron chi connectivity index (χ1n) is 14.5. The van der Waals surface area contributed by atoms with E-state index in [-0.39, 0.29) is 44.9 Å². The van der Waals surface area contributed by atoms with Gasteiger partial charge in [-0.25, -0.2) is 0 Å². The molecule has 0 amide bonds. The van der Waals surface area contributed by atoms with Crippen LogP contribution in [0, 0.1) is 44.8 Å². The van der Waals surface area contributed by atoms with Gasteiger partial charge in [-0.1, -0.05) is 47.1 Å². The lowest BCUT2D eigenvalue weighted by Crippen LogP contribution is -2.66. The highest BCUT2D eigenvalue weighted by molar-refractivity contribution is 5.96. The Balaban J connectivity index is 1.47. The second kappa shape index (κ2) is 7.39. The number of nitrogens with zero attached hydrogens (tertiary/aromatic N) is 1. The summed E-state index contributed by atoms with van der Waals surface area (Å²) in [6.45, 7) is 16.5. The predicted octanol–water partition coefficient (Wildman–Crippen LogP) is 6.58. The third kappa shape index (κ3) is 2.95. The van der Waals surface area contributed by atoms with Gasteiger partial charge in [-0.2, -0.15) is 5.10 Å². The topological polar surface area (TPSA) is 72.1 Å². The lowest BCUT2D eigenvalue weighted by atomic mass is 9.33. The summed E-state index contributed by atoms with van der Waals surface area (Å²) < 4.78 is 5.27. The van der Waals surface area contributed by atoms with E-state index in [9.17, 15) is 9.59 Å². The SMILES string of the molecule is COC(=O)C1(C)CCC2(C)CCC3(C)C(=CC(=O)C4C5(C)Cc6cn[nH]c6C(C)(C)C5CCC43C)C2C1. The van der Waals surface area contributed by atoms with E-state index in [1.807, 2.05) is 6.20 Å². The van der Waals surface area contributed by atoms with Crippen LogP contribution in [0.5, 0.6) is 0 Å². The van der Waals surface area contributed by atoms with Crippen molar-refractivity contribution in [1.82, 2.24) is 10.2 Å². The number of methoxy groups -OCH3 is 1. The van der Waals surface area contributed by atoms with E-state index in [2.05, 4.69) is 64.7 Å². The van der Waals surface area contributed by atoms with Gasteiger partial charge in [0.25, 0.3) is 0 Å². The summed E-state index contributed by atoms with van der Waals surface area (Å²) in [5.41, 5.74) is 3.28. The van der Waals surface area contributed by atoms with E-state index in [1.165, 1.54) is 23.9 Å². The van der Waals surface area contributed by atoms with E-state index in [0.29, 0.717) is 11.7 Å². The van der Waals surface area contributed by atoms with Crippen LogP contribution < -0.4 is 0 Å². The summed E-state index contributed by atoms with van der Waals surface area (Å²) in [5.74, 6) is 0.913. The summed E-state index contributed by atoms with van der Waals surface area (Å²) in [5, 5.41) is 7.75. The van der Waals surface area contributed by atoms with Gasteiger partial charge in [0.1, 0.15) is 0 Å². The molecule has 1 N–H and O–H groups in total. The van der Waals surface area contributed by atoms with E-state index in [4.69, 9.17) is 4.74 Å². The molecule has 0 saturated heterocycles. The zero-order valence-corrected chi connectivity index (χ0v) is 24.2. The molecule has 5 nitrogen and oxygen atoms in total. The number of ketones is 1. The van der Waals surface area contributed by atoms with Gasteiger partial charge in [-0.15, -0.1) is 0 Å². The highest BCUT2D eigenvalue weighted by Gasteiger charge is 2.70. The quantitative estimate of drug-likeness (QED) is 0.437. The molecule has 5 aliphatic rings. The van der Waals surface area contributed by atoms with Crippen LogP contribution in [-0.4, -0.2) is 29.1 Å². The molecule has 5 aliphatic carbocycles. The smallest absolute Gasteiger partial charge is 0.311 e. The van der Waals surface area contributed by atoms with Gasteiger partial charge in [-0.05, 0) is 103 Å². The minimum Gasteiger partial charge on any atom is -0.469 e. The molecule has 8 unspecified atom stereocenters. The predicted molar refractivity (Wildman–Crippen MR) is 144 cm³/mol. The van der Waals surface area contributed by atoms with Crippen molar-refractivity contribution in [3.05, 3.63) is 29.1 Å². The van der Waals surface area contributed by atoms with Crippen LogP contribution in [0.3, 0.4) is 0 Å². The molecule has 1 heterocycles. The molecule has 8 atom stereocenters. The lowest BCUT2D eigenvalue weighted by Gasteiger charge is -2.69. The minimum absolute atomic E-state index is 0.00485. The molecule has 0 radical (unpaired) electrons. The Labute approximate surface area is 222 Å². The van der Waals surface area contributed by atoms with Crippen LogP contribution in [0.2, 0.25) is 0 Å². The number of carbonyl (C=O) groups excluding carboxylic acids is 2. The Morgan fingerprint density at radius 3 is 2.43 bits per heavy atom. The van der Waals surface area contributed by atoms with E-state index < -0.39 is 5.41 Å². The molecule has 3 saturated carbocycles. The van der Waals surface area contributed by atoms with Crippen molar-refractivity contribution >= 4 is 11.8 Å². The van der Waals surface area contributed by atoms with E-state index in [0.717, 1.165) is 51.4 Å². The average Bonchev–Trinajstić information content (AvgIpc) is 3.29. The Bertz CT molecular complexity index is 1210. The molecule has 0 bridgehead atoms. The first-order chi connectivity index (χ1) is 17.2. The molecule has 0 aromatic carbocycles. The third-order valence-corrected chi connectivity index (χ3v) is 13.3. The fourth-order valence-electron chi connectivity index (χ4n) is 11.0. The number of ether oxygens (including phenoxy) is 1. The number of aromatic nitrogens is 2. The maximum absolute atomic E-state index is 14.5. The number of esters is 1. The number of rotatable bonds is 1. The van der Waals surface area contributed by atoms with Gasteiger partial charge < -0.3 is 4.74 Å². The van der Waals surface area contributed by atoms with Crippen LogP contribution in [0.25, 0.3) is 0 Å². The van der Waals surface area contributed by atoms with Crippen molar-refractivity contribution in [2.75, 3.05) is 7.11 Å². The summed E-state index contributed by atoms with van der Waals surface area (Å²) >= 11 is 0. The fourth-order valence-corrected chi connectivity index (χ4v) is 11.0. The van der Waals surface area contributed by atoms with Crippen molar-refractivity contribution in [2.24, 2.45) is 44.8 Å². The Morgan fingerprint density at radius 1 is 1.03 bits per heavy atom. The number of carbonyl (C=O) groups is 2. The van der Waals surface area contributed by atoms with Crippen LogP contribution in [-0.2, 0) is 26.2 Å². The Kier molecular flexibility index (Phi) is 5.06. The summed E-state index contributed by atoms with van der Waals surface area (Å²) in [7, 11) is 1.51. The molecule has 6 rings (SSSR count). The van der Waals surface area contributed by atoms with Gasteiger partial charge >= 0.3 is 5.97 Å². The maximum Gasteiger partial charge on any atom is 0.311 e. The van der Waals surface area contributed by atoms with Crippen molar-refractivity contribution < 1.29 is 14.3 Å². The maximum atomic E-state index is 14.5. The molecular weight excluding hydrogens is 460 g/mol. The second-order valence-electron chi connectivity index (χ2n) is 15.4. The zero-order chi connectivity index (χ0) is 26.8. The molecule has 202 valence electrons. The number of hydrogen-bond donors (Lipinski definition) is 1. The number of hydrogen-bond acceptors (Lipinski definition) is 4. The van der Waals surface area contributed by atoms with Crippen LogP contribution >= 0.6 is 0 Å². The third-order valence-electron chi connectivity index (χ3n) is 13.3. The number of aromatic amines is 1. The Morgan fingerprint density at radius 2 is 1.73 bits per heavy atom. The Hall–Kier alpha value is -1.91. The lowest BCUT2D eigenvalue weighted by molar-refractivity contribution is -0.174. The monoisotopic (exact) mass is 506 g/mol. The highest BCUT2D eigenvalue weighted by Crippen LogP contribution is 2.74. The first kappa shape index (κ1) is 25.4. The molecule has 1 aromatic heterocycles. The molecule has 1 aromatic rings. The summed E-state index contributed by atoms with van der Waals surface area (Å²) in [6, 6.07) is 0. The van der Waals surface area contributed by atoms with Crippen molar-refractivity contribution in [2.45, 2.75) is 105 Å². The second-order valence-corrected chi connectivity index (χ2v) is 15.4. The summed E-state index contributed by atoms with van der Waals surface area (Å²) in [6.07, 6.45) is 12.2. The van der Waals surface area contributed by atoms with E-state index >= 15 is 0 Å². The molecule has 3 fully saturated rings. The molecular formula is C32H46N2O3. The van der Waals surface area contributed by atoms with Gasteiger partial charge in [0.2, 0.25) is 0 Å². The molecule has 5 heteroatoms. The largest absolute Gasteiger partial charge is 0.469 e. The first-order valence-corrected chi connectivity index (χ1v) is 14.5.